The standard InChI is InChI=1S/C33H38N2O5S/c1-21(2)29-33(16-17-34(29)30(37)32(3,4)5)26-12-7-8-13-27(26)35(31(33)38)25-11-9-10-22(18-25)23-14-15-24(20-36)28(19-23)41(6,39)40/h7-15,18-19,21,29,36H,16-17,20H2,1-6H3/t29-,33-/m0/s1. The van der Waals surface area contributed by atoms with Gasteiger partial charge in [-0.15, -0.1) is 0 Å². The molecule has 2 amide bonds. The van der Waals surface area contributed by atoms with Crippen LogP contribution in [0, 0.1) is 11.3 Å². The highest BCUT2D eigenvalue weighted by molar-refractivity contribution is 7.90. The molecule has 1 saturated heterocycles. The van der Waals surface area contributed by atoms with E-state index < -0.39 is 20.7 Å². The lowest BCUT2D eigenvalue weighted by Crippen LogP contribution is -2.54. The minimum Gasteiger partial charge on any atom is -0.392 e. The molecule has 3 aromatic rings. The zero-order valence-corrected chi connectivity index (χ0v) is 25.3. The average Bonchev–Trinajstić information content (AvgIpc) is 3.44. The minimum absolute atomic E-state index is 0.0477. The Bertz CT molecular complexity index is 1640. The van der Waals surface area contributed by atoms with E-state index in [1.165, 1.54) is 0 Å². The second-order valence-corrected chi connectivity index (χ2v) is 14.6. The quantitative estimate of drug-likeness (QED) is 0.436. The molecule has 41 heavy (non-hydrogen) atoms. The van der Waals surface area contributed by atoms with Crippen LogP contribution in [-0.2, 0) is 31.4 Å². The predicted octanol–water partition coefficient (Wildman–Crippen LogP) is 5.47. The van der Waals surface area contributed by atoms with Crippen LogP contribution in [0.4, 0.5) is 11.4 Å². The van der Waals surface area contributed by atoms with Gasteiger partial charge in [-0.3, -0.25) is 14.5 Å². The maximum atomic E-state index is 14.7. The van der Waals surface area contributed by atoms with Gasteiger partial charge in [0.15, 0.2) is 9.84 Å². The third kappa shape index (κ3) is 4.67. The summed E-state index contributed by atoms with van der Waals surface area (Å²) in [6, 6.07) is 20.0. The fourth-order valence-electron chi connectivity index (χ4n) is 6.73. The van der Waals surface area contributed by atoms with Gasteiger partial charge in [-0.1, -0.05) is 77.1 Å². The molecule has 0 bridgehead atoms. The summed E-state index contributed by atoms with van der Waals surface area (Å²) in [7, 11) is -3.56. The maximum absolute atomic E-state index is 14.7. The first-order valence-electron chi connectivity index (χ1n) is 14.0. The summed E-state index contributed by atoms with van der Waals surface area (Å²) in [6.45, 7) is 10.0. The van der Waals surface area contributed by atoms with Gasteiger partial charge in [0.2, 0.25) is 11.8 Å². The monoisotopic (exact) mass is 574 g/mol. The van der Waals surface area contributed by atoms with Crippen LogP contribution in [0.25, 0.3) is 11.1 Å². The molecule has 0 aliphatic carbocycles. The predicted molar refractivity (Wildman–Crippen MR) is 161 cm³/mol. The van der Waals surface area contributed by atoms with Gasteiger partial charge in [0, 0.05) is 23.9 Å². The topological polar surface area (TPSA) is 95.0 Å². The van der Waals surface area contributed by atoms with Crippen molar-refractivity contribution in [3.63, 3.8) is 0 Å². The Morgan fingerprint density at radius 3 is 2.34 bits per heavy atom. The van der Waals surface area contributed by atoms with Gasteiger partial charge in [0.1, 0.15) is 0 Å². The van der Waals surface area contributed by atoms with Crippen LogP contribution in [0.2, 0.25) is 0 Å². The molecule has 3 aromatic carbocycles. The number of amides is 2. The van der Waals surface area contributed by atoms with E-state index in [-0.39, 0.29) is 35.3 Å². The van der Waals surface area contributed by atoms with Gasteiger partial charge in [-0.2, -0.15) is 0 Å². The normalized spacial score (nSPS) is 20.8. The van der Waals surface area contributed by atoms with Crippen molar-refractivity contribution in [3.8, 4) is 11.1 Å². The highest BCUT2D eigenvalue weighted by Crippen LogP contribution is 2.55. The van der Waals surface area contributed by atoms with Crippen molar-refractivity contribution >= 4 is 33.0 Å². The van der Waals surface area contributed by atoms with Crippen LogP contribution in [0.1, 0.15) is 52.2 Å². The van der Waals surface area contributed by atoms with E-state index in [2.05, 4.69) is 13.8 Å². The molecule has 0 radical (unpaired) electrons. The van der Waals surface area contributed by atoms with E-state index in [0.717, 1.165) is 23.1 Å². The summed E-state index contributed by atoms with van der Waals surface area (Å²) < 4.78 is 24.9. The molecule has 2 aliphatic rings. The SMILES string of the molecule is CC(C)[C@@H]1N(C(=O)C(C)(C)C)CC[C@@]12C(=O)N(c1cccc(-c3ccc(CO)c(S(C)(=O)=O)c3)c1)c1ccccc12. The Kier molecular flexibility index (Phi) is 7.15. The molecule has 0 aromatic heterocycles. The Labute approximate surface area is 242 Å². The summed E-state index contributed by atoms with van der Waals surface area (Å²) >= 11 is 0. The van der Waals surface area contributed by atoms with Crippen LogP contribution >= 0.6 is 0 Å². The number of aliphatic hydroxyl groups is 1. The molecule has 1 N–H and O–H groups in total. The zero-order valence-electron chi connectivity index (χ0n) is 24.5. The molecule has 0 saturated carbocycles. The summed E-state index contributed by atoms with van der Waals surface area (Å²) in [6.07, 6.45) is 1.67. The number of likely N-dealkylation sites (tertiary alicyclic amines) is 1. The lowest BCUT2D eigenvalue weighted by molar-refractivity contribution is -0.142. The molecular weight excluding hydrogens is 536 g/mol. The van der Waals surface area contributed by atoms with Gasteiger partial charge in [-0.25, -0.2) is 8.42 Å². The largest absolute Gasteiger partial charge is 0.392 e. The van der Waals surface area contributed by atoms with Crippen LogP contribution in [0.3, 0.4) is 0 Å². The third-order valence-corrected chi connectivity index (χ3v) is 9.59. The highest BCUT2D eigenvalue weighted by atomic mass is 32.2. The number of hydrogen-bond acceptors (Lipinski definition) is 5. The molecule has 2 atom stereocenters. The van der Waals surface area contributed by atoms with E-state index in [1.54, 1.807) is 23.1 Å². The molecule has 5 rings (SSSR count). The lowest BCUT2D eigenvalue weighted by atomic mass is 9.71. The minimum atomic E-state index is -3.56. The van der Waals surface area contributed by atoms with Gasteiger partial charge >= 0.3 is 0 Å². The van der Waals surface area contributed by atoms with Crippen molar-refractivity contribution in [1.82, 2.24) is 4.90 Å². The number of sulfone groups is 1. The number of carbonyl (C=O) groups is 2. The number of hydrogen-bond donors (Lipinski definition) is 1. The second-order valence-electron chi connectivity index (χ2n) is 12.6. The molecule has 2 aliphatic heterocycles. The number of benzene rings is 3. The maximum Gasteiger partial charge on any atom is 0.244 e. The molecule has 0 unspecified atom stereocenters. The van der Waals surface area contributed by atoms with E-state index in [1.807, 2.05) is 74.2 Å². The van der Waals surface area contributed by atoms with Crippen LogP contribution < -0.4 is 4.90 Å². The van der Waals surface area contributed by atoms with Gasteiger partial charge in [0.05, 0.1) is 28.6 Å². The number of nitrogens with zero attached hydrogens (tertiary/aromatic N) is 2. The van der Waals surface area contributed by atoms with E-state index in [0.29, 0.717) is 29.8 Å². The highest BCUT2D eigenvalue weighted by Gasteiger charge is 2.62. The zero-order chi connectivity index (χ0) is 29.9. The smallest absolute Gasteiger partial charge is 0.244 e. The van der Waals surface area contributed by atoms with E-state index >= 15 is 0 Å². The molecule has 8 heteroatoms. The second kappa shape index (κ2) is 10.1. The summed E-state index contributed by atoms with van der Waals surface area (Å²) in [4.78, 5) is 32.1. The Hall–Kier alpha value is -3.49. The Morgan fingerprint density at radius 1 is 1.02 bits per heavy atom. The molecule has 1 spiro atoms. The van der Waals surface area contributed by atoms with Gasteiger partial charge < -0.3 is 10.0 Å². The van der Waals surface area contributed by atoms with Gasteiger partial charge in [-0.05, 0) is 58.9 Å². The molecular formula is C33H38N2O5S. The number of para-hydroxylation sites is 1. The lowest BCUT2D eigenvalue weighted by Gasteiger charge is -2.39. The van der Waals surface area contributed by atoms with Crippen molar-refractivity contribution < 1.29 is 23.1 Å². The van der Waals surface area contributed by atoms with E-state index in [4.69, 9.17) is 0 Å². The fraction of sp³-hybridized carbons (Fsp3) is 0.394. The fourth-order valence-corrected chi connectivity index (χ4v) is 7.68. The van der Waals surface area contributed by atoms with Crippen molar-refractivity contribution in [2.24, 2.45) is 11.3 Å². The number of aliphatic hydroxyl groups excluding tert-OH is 1. The van der Waals surface area contributed by atoms with Gasteiger partial charge in [0.25, 0.3) is 0 Å². The first-order chi connectivity index (χ1) is 19.2. The summed E-state index contributed by atoms with van der Waals surface area (Å²) in [5, 5.41) is 9.68. The van der Waals surface area contributed by atoms with Crippen molar-refractivity contribution in [2.45, 2.75) is 64.0 Å². The summed E-state index contributed by atoms with van der Waals surface area (Å²) in [5.41, 5.74) is 2.74. The molecule has 2 heterocycles. The van der Waals surface area contributed by atoms with Crippen LogP contribution in [-0.4, -0.2) is 49.1 Å². The Balaban J connectivity index is 1.63. The third-order valence-electron chi connectivity index (χ3n) is 8.41. The first kappa shape index (κ1) is 29.0. The molecule has 216 valence electrons. The average molecular weight is 575 g/mol. The van der Waals surface area contributed by atoms with Crippen molar-refractivity contribution in [1.29, 1.82) is 0 Å². The van der Waals surface area contributed by atoms with Crippen LogP contribution in [0.5, 0.6) is 0 Å². The van der Waals surface area contributed by atoms with E-state index in [9.17, 15) is 23.1 Å². The van der Waals surface area contributed by atoms with Crippen LogP contribution in [0.15, 0.2) is 71.6 Å². The number of anilines is 2. The molecule has 7 nitrogen and oxygen atoms in total. The number of carbonyl (C=O) groups excluding carboxylic acids is 2. The summed E-state index contributed by atoms with van der Waals surface area (Å²) in [5.74, 6) is 0.0459. The number of rotatable bonds is 5. The molecule has 1 fully saturated rings. The first-order valence-corrected chi connectivity index (χ1v) is 15.9. The number of fused-ring (bicyclic) bond motifs is 2. The Morgan fingerprint density at radius 2 is 1.71 bits per heavy atom. The van der Waals surface area contributed by atoms with Crippen molar-refractivity contribution in [3.05, 3.63) is 77.9 Å². The van der Waals surface area contributed by atoms with Crippen molar-refractivity contribution in [2.75, 3.05) is 17.7 Å².